The fraction of sp³-hybridized carbons (Fsp3) is 0.189. The zero-order valence-electron chi connectivity index (χ0n) is 23.4. The highest BCUT2D eigenvalue weighted by Gasteiger charge is 2.36. The summed E-state index contributed by atoms with van der Waals surface area (Å²) in [4.78, 5) is 0. The molecular formula is C37H38ClNO. The van der Waals surface area contributed by atoms with Crippen LogP contribution in [-0.2, 0) is 18.5 Å². The second-order valence-electron chi connectivity index (χ2n) is 11.0. The Morgan fingerprint density at radius 1 is 0.500 bits per heavy atom. The van der Waals surface area contributed by atoms with E-state index in [4.69, 9.17) is 4.74 Å². The quantitative estimate of drug-likeness (QED) is 0.162. The van der Waals surface area contributed by atoms with Crippen molar-refractivity contribution in [2.75, 3.05) is 20.7 Å². The molecule has 0 fully saturated rings. The van der Waals surface area contributed by atoms with Crippen LogP contribution in [0.15, 0.2) is 146 Å². The molecule has 0 saturated heterocycles. The van der Waals surface area contributed by atoms with E-state index >= 15 is 0 Å². The summed E-state index contributed by atoms with van der Waals surface area (Å²) >= 11 is 0. The van der Waals surface area contributed by atoms with Gasteiger partial charge in [-0.3, -0.25) is 0 Å². The molecular weight excluding hydrogens is 510 g/mol. The van der Waals surface area contributed by atoms with E-state index in [9.17, 15) is 0 Å². The van der Waals surface area contributed by atoms with Gasteiger partial charge in [0, 0.05) is 16.5 Å². The lowest BCUT2D eigenvalue weighted by molar-refractivity contribution is -0.916. The maximum absolute atomic E-state index is 6.40. The molecule has 0 amide bonds. The average molecular weight is 548 g/mol. The van der Waals surface area contributed by atoms with E-state index in [0.717, 1.165) is 29.7 Å². The fourth-order valence-electron chi connectivity index (χ4n) is 5.74. The van der Waals surface area contributed by atoms with Crippen LogP contribution in [0.3, 0.4) is 0 Å². The van der Waals surface area contributed by atoms with Gasteiger partial charge in [-0.1, -0.05) is 121 Å². The summed E-state index contributed by atoms with van der Waals surface area (Å²) in [7, 11) is 4.57. The van der Waals surface area contributed by atoms with E-state index in [-0.39, 0.29) is 17.8 Å². The van der Waals surface area contributed by atoms with E-state index in [1.807, 2.05) is 0 Å². The van der Waals surface area contributed by atoms with Crippen LogP contribution in [0.25, 0.3) is 0 Å². The minimum Gasteiger partial charge on any atom is -1.00 e. The first-order valence-electron chi connectivity index (χ1n) is 13.8. The van der Waals surface area contributed by atoms with Crippen LogP contribution in [0.4, 0.5) is 0 Å². The van der Waals surface area contributed by atoms with Gasteiger partial charge in [0.05, 0.1) is 20.7 Å². The molecule has 0 heterocycles. The molecule has 0 bridgehead atoms. The smallest absolute Gasteiger partial charge is 0.119 e. The van der Waals surface area contributed by atoms with Crippen molar-refractivity contribution in [2.24, 2.45) is 0 Å². The standard InChI is InChI=1S/C37H38NO.ClH/c1-38(2,29-31-15-7-3-8-16-31)30-32-23-25-36(26-24-32)39-28-27-37(33-17-9-4-10-18-33,34-19-11-5-12-20-34)35-21-13-6-14-22-35;/h3-26H,27-30H2,1-2H3;1H/q+1;/p-1. The SMILES string of the molecule is C[N+](C)(Cc1ccccc1)Cc1ccc(OCCC(c2ccccc2)(c2ccccc2)c2ccccc2)cc1.[Cl-]. The van der Waals surface area contributed by atoms with Crippen LogP contribution in [0.2, 0.25) is 0 Å². The van der Waals surface area contributed by atoms with Gasteiger partial charge in [-0.15, -0.1) is 0 Å². The number of hydrogen-bond acceptors (Lipinski definition) is 1. The molecule has 204 valence electrons. The first kappa shape index (κ1) is 29.1. The predicted octanol–water partition coefficient (Wildman–Crippen LogP) is 5.27. The van der Waals surface area contributed by atoms with Gasteiger partial charge >= 0.3 is 0 Å². The molecule has 0 aliphatic heterocycles. The minimum atomic E-state index is -0.303. The summed E-state index contributed by atoms with van der Waals surface area (Å²) in [6.07, 6.45) is 0.827. The molecule has 2 nitrogen and oxygen atoms in total. The number of nitrogens with zero attached hydrogens (tertiary/aromatic N) is 1. The zero-order chi connectivity index (χ0) is 27.0. The van der Waals surface area contributed by atoms with Crippen molar-refractivity contribution in [1.29, 1.82) is 0 Å². The van der Waals surface area contributed by atoms with Crippen LogP contribution in [-0.4, -0.2) is 25.2 Å². The van der Waals surface area contributed by atoms with Gasteiger partial charge in [0.2, 0.25) is 0 Å². The molecule has 0 aliphatic rings. The Morgan fingerprint density at radius 3 is 1.30 bits per heavy atom. The molecule has 5 aromatic rings. The van der Waals surface area contributed by atoms with Crippen LogP contribution in [0.1, 0.15) is 34.2 Å². The van der Waals surface area contributed by atoms with Gasteiger partial charge in [-0.05, 0) is 47.4 Å². The number of benzene rings is 5. The number of ether oxygens (including phenoxy) is 1. The molecule has 0 aromatic heterocycles. The molecule has 0 unspecified atom stereocenters. The van der Waals surface area contributed by atoms with E-state index in [1.165, 1.54) is 27.8 Å². The number of halogens is 1. The van der Waals surface area contributed by atoms with Gasteiger partial charge in [-0.25, -0.2) is 0 Å². The first-order valence-corrected chi connectivity index (χ1v) is 13.8. The van der Waals surface area contributed by atoms with Crippen molar-refractivity contribution in [1.82, 2.24) is 0 Å². The van der Waals surface area contributed by atoms with Crippen molar-refractivity contribution >= 4 is 0 Å². The van der Waals surface area contributed by atoms with Crippen LogP contribution >= 0.6 is 0 Å². The van der Waals surface area contributed by atoms with Gasteiger partial charge in [0.15, 0.2) is 0 Å². The Kier molecular flexibility index (Phi) is 9.82. The number of quaternary nitrogens is 1. The third-order valence-corrected chi connectivity index (χ3v) is 7.53. The second-order valence-corrected chi connectivity index (χ2v) is 11.0. The van der Waals surface area contributed by atoms with Gasteiger partial charge < -0.3 is 21.6 Å². The van der Waals surface area contributed by atoms with Gasteiger partial charge in [-0.2, -0.15) is 0 Å². The molecule has 0 atom stereocenters. The summed E-state index contributed by atoms with van der Waals surface area (Å²) < 4.78 is 7.30. The summed E-state index contributed by atoms with van der Waals surface area (Å²) in [5, 5.41) is 0. The average Bonchev–Trinajstić information content (AvgIpc) is 2.98. The van der Waals surface area contributed by atoms with Crippen molar-refractivity contribution in [3.05, 3.63) is 173 Å². The maximum Gasteiger partial charge on any atom is 0.119 e. The lowest BCUT2D eigenvalue weighted by Crippen LogP contribution is -3.00. The number of hydrogen-bond donors (Lipinski definition) is 0. The molecule has 5 aromatic carbocycles. The highest BCUT2D eigenvalue weighted by atomic mass is 35.5. The molecule has 0 saturated carbocycles. The second kappa shape index (κ2) is 13.5. The van der Waals surface area contributed by atoms with Gasteiger partial charge in [0.25, 0.3) is 0 Å². The monoisotopic (exact) mass is 547 g/mol. The zero-order valence-corrected chi connectivity index (χ0v) is 24.2. The highest BCUT2D eigenvalue weighted by molar-refractivity contribution is 5.50. The largest absolute Gasteiger partial charge is 1.00 e. The minimum absolute atomic E-state index is 0. The van der Waals surface area contributed by atoms with Crippen molar-refractivity contribution in [3.8, 4) is 5.75 Å². The Hall–Kier alpha value is -3.85. The van der Waals surface area contributed by atoms with E-state index in [1.54, 1.807) is 0 Å². The Labute approximate surface area is 245 Å². The molecule has 0 N–H and O–H groups in total. The Balaban J connectivity index is 0.00000370. The molecule has 40 heavy (non-hydrogen) atoms. The van der Waals surface area contributed by atoms with Crippen molar-refractivity contribution in [3.63, 3.8) is 0 Å². The van der Waals surface area contributed by atoms with Crippen molar-refractivity contribution < 1.29 is 21.6 Å². The lowest BCUT2D eigenvalue weighted by atomic mass is 9.67. The first-order chi connectivity index (χ1) is 19.1. The van der Waals surface area contributed by atoms with Gasteiger partial charge in [0.1, 0.15) is 18.8 Å². The van der Waals surface area contributed by atoms with E-state index in [2.05, 4.69) is 160 Å². The summed E-state index contributed by atoms with van der Waals surface area (Å²) in [5.41, 5.74) is 6.21. The Bertz CT molecular complexity index is 1320. The third kappa shape index (κ3) is 7.01. The molecule has 3 heteroatoms. The third-order valence-electron chi connectivity index (χ3n) is 7.53. The summed E-state index contributed by atoms with van der Waals surface area (Å²) in [5.74, 6) is 0.912. The van der Waals surface area contributed by atoms with Crippen molar-refractivity contribution in [2.45, 2.75) is 24.9 Å². The highest BCUT2D eigenvalue weighted by Crippen LogP contribution is 2.42. The lowest BCUT2D eigenvalue weighted by Gasteiger charge is -2.36. The molecule has 0 radical (unpaired) electrons. The molecule has 0 aliphatic carbocycles. The number of rotatable bonds is 11. The Morgan fingerprint density at radius 2 is 0.875 bits per heavy atom. The summed E-state index contributed by atoms with van der Waals surface area (Å²) in [6.45, 7) is 2.57. The van der Waals surface area contributed by atoms with Crippen LogP contribution < -0.4 is 17.1 Å². The molecule has 5 rings (SSSR count). The fourth-order valence-corrected chi connectivity index (χ4v) is 5.74. The maximum atomic E-state index is 6.40. The van der Waals surface area contributed by atoms with Crippen LogP contribution in [0.5, 0.6) is 5.75 Å². The van der Waals surface area contributed by atoms with Crippen LogP contribution in [0, 0.1) is 0 Å². The summed E-state index contributed by atoms with van der Waals surface area (Å²) in [6, 6.07) is 51.9. The molecule has 0 spiro atoms. The van der Waals surface area contributed by atoms with E-state index < -0.39 is 0 Å². The topological polar surface area (TPSA) is 9.23 Å². The normalized spacial score (nSPS) is 11.4. The predicted molar refractivity (Wildman–Crippen MR) is 162 cm³/mol. The van der Waals surface area contributed by atoms with E-state index in [0.29, 0.717) is 6.61 Å².